The van der Waals surface area contributed by atoms with Crippen LogP contribution in [-0.4, -0.2) is 9.85 Å². The van der Waals surface area contributed by atoms with Crippen molar-refractivity contribution in [2.24, 2.45) is 0 Å². The third kappa shape index (κ3) is 3.26. The van der Waals surface area contributed by atoms with Crippen LogP contribution < -0.4 is 0 Å². The van der Waals surface area contributed by atoms with Crippen molar-refractivity contribution < 1.29 is 9.85 Å². The van der Waals surface area contributed by atoms with Crippen LogP contribution >= 0.6 is 0 Å². The van der Waals surface area contributed by atoms with Crippen molar-refractivity contribution in [2.45, 2.75) is 0 Å². The number of non-ortho nitro benzene ring substituents is 2. The van der Waals surface area contributed by atoms with E-state index in [9.17, 15) is 20.2 Å². The average molecular weight is 270 g/mol. The number of nitro groups is 2. The summed E-state index contributed by atoms with van der Waals surface area (Å²) in [6.07, 6.45) is 3.35. The van der Waals surface area contributed by atoms with Gasteiger partial charge in [-0.05, 0) is 11.1 Å². The maximum Gasteiger partial charge on any atom is 0.270 e. The highest BCUT2D eigenvalue weighted by atomic mass is 16.6. The summed E-state index contributed by atoms with van der Waals surface area (Å²) in [6, 6.07) is 12.3. The predicted octanol–water partition coefficient (Wildman–Crippen LogP) is 3.67. The van der Waals surface area contributed by atoms with E-state index in [1.165, 1.54) is 24.3 Å². The van der Waals surface area contributed by atoms with Crippen LogP contribution in [0.15, 0.2) is 48.5 Å². The maximum absolute atomic E-state index is 10.7. The number of hydrogen-bond acceptors (Lipinski definition) is 4. The van der Waals surface area contributed by atoms with E-state index >= 15 is 0 Å². The van der Waals surface area contributed by atoms with E-state index in [-0.39, 0.29) is 11.4 Å². The summed E-state index contributed by atoms with van der Waals surface area (Å²) >= 11 is 0. The van der Waals surface area contributed by atoms with Crippen molar-refractivity contribution >= 4 is 23.5 Å². The third-order valence-electron chi connectivity index (χ3n) is 2.63. The zero-order chi connectivity index (χ0) is 14.5. The molecule has 100 valence electrons. The van der Waals surface area contributed by atoms with Crippen molar-refractivity contribution in [2.75, 3.05) is 0 Å². The molecular formula is C14H10N2O4. The highest BCUT2D eigenvalue weighted by molar-refractivity contribution is 5.71. The third-order valence-corrected chi connectivity index (χ3v) is 2.63. The van der Waals surface area contributed by atoms with Gasteiger partial charge in [0.2, 0.25) is 0 Å². The van der Waals surface area contributed by atoms with Crippen molar-refractivity contribution in [3.8, 4) is 0 Å². The number of hydrogen-bond donors (Lipinski definition) is 0. The van der Waals surface area contributed by atoms with Gasteiger partial charge in [-0.25, -0.2) is 0 Å². The molecule has 6 heteroatoms. The fourth-order valence-corrected chi connectivity index (χ4v) is 1.68. The van der Waals surface area contributed by atoms with Gasteiger partial charge < -0.3 is 0 Å². The number of nitrogens with zero attached hydrogens (tertiary/aromatic N) is 2. The quantitative estimate of drug-likeness (QED) is 0.481. The first kappa shape index (κ1) is 13.4. The first-order valence-electron chi connectivity index (χ1n) is 5.73. The molecule has 0 aromatic heterocycles. The Bertz CT molecular complexity index is 636. The molecular weight excluding hydrogens is 260 g/mol. The number of rotatable bonds is 4. The van der Waals surface area contributed by atoms with E-state index in [0.717, 1.165) is 0 Å². The van der Waals surface area contributed by atoms with Crippen LogP contribution in [0, 0.1) is 20.2 Å². The van der Waals surface area contributed by atoms with Gasteiger partial charge in [-0.3, -0.25) is 20.2 Å². The predicted molar refractivity (Wildman–Crippen MR) is 75.1 cm³/mol. The molecule has 2 aromatic carbocycles. The van der Waals surface area contributed by atoms with Gasteiger partial charge in [0.15, 0.2) is 0 Å². The van der Waals surface area contributed by atoms with E-state index in [1.54, 1.807) is 36.4 Å². The largest absolute Gasteiger partial charge is 0.270 e. The molecule has 0 N–H and O–H groups in total. The Morgan fingerprint density at radius 3 is 1.50 bits per heavy atom. The van der Waals surface area contributed by atoms with Gasteiger partial charge >= 0.3 is 0 Å². The fourth-order valence-electron chi connectivity index (χ4n) is 1.68. The second-order valence-corrected chi connectivity index (χ2v) is 4.04. The molecule has 0 radical (unpaired) electrons. The van der Waals surface area contributed by atoms with Crippen LogP contribution in [0.25, 0.3) is 12.2 Å². The summed E-state index contributed by atoms with van der Waals surface area (Å²) < 4.78 is 0. The number of benzene rings is 2. The second-order valence-electron chi connectivity index (χ2n) is 4.04. The second kappa shape index (κ2) is 5.75. The molecule has 0 aliphatic rings. The van der Waals surface area contributed by atoms with Crippen LogP contribution in [0.2, 0.25) is 0 Å². The molecule has 6 nitrogen and oxygen atoms in total. The first-order valence-corrected chi connectivity index (χ1v) is 5.73. The normalized spacial score (nSPS) is 10.6. The van der Waals surface area contributed by atoms with E-state index < -0.39 is 9.85 Å². The SMILES string of the molecule is O=[N+]([O-])c1cccc(/C=C\c2cccc([N+](=O)[O-])c2)c1. The van der Waals surface area contributed by atoms with Crippen molar-refractivity contribution in [3.05, 3.63) is 79.9 Å². The molecule has 0 spiro atoms. The Balaban J connectivity index is 2.25. The zero-order valence-electron chi connectivity index (χ0n) is 10.3. The van der Waals surface area contributed by atoms with Crippen molar-refractivity contribution in [1.29, 1.82) is 0 Å². The fraction of sp³-hybridized carbons (Fsp3) is 0. The van der Waals surface area contributed by atoms with Gasteiger partial charge in [-0.15, -0.1) is 0 Å². The minimum Gasteiger partial charge on any atom is -0.258 e. The molecule has 0 aliphatic carbocycles. The summed E-state index contributed by atoms with van der Waals surface area (Å²) in [5.74, 6) is 0. The zero-order valence-corrected chi connectivity index (χ0v) is 10.3. The van der Waals surface area contributed by atoms with Gasteiger partial charge in [0.25, 0.3) is 11.4 Å². The molecule has 0 heterocycles. The van der Waals surface area contributed by atoms with Crippen LogP contribution in [0.1, 0.15) is 11.1 Å². The Morgan fingerprint density at radius 1 is 0.750 bits per heavy atom. The minimum atomic E-state index is -0.468. The van der Waals surface area contributed by atoms with Crippen LogP contribution in [0.4, 0.5) is 11.4 Å². The topological polar surface area (TPSA) is 86.3 Å². The van der Waals surface area contributed by atoms with E-state index in [1.807, 2.05) is 0 Å². The Hall–Kier alpha value is -3.02. The van der Waals surface area contributed by atoms with Crippen molar-refractivity contribution in [1.82, 2.24) is 0 Å². The molecule has 0 bridgehead atoms. The number of nitro benzene ring substituents is 2. The van der Waals surface area contributed by atoms with Gasteiger partial charge in [0, 0.05) is 24.3 Å². The standard InChI is InChI=1S/C14H10N2O4/c17-15(18)13-5-1-3-11(9-13)7-8-12-4-2-6-14(10-12)16(19)20/h1-10H/b8-7-. The molecule has 2 rings (SSSR count). The Kier molecular flexibility index (Phi) is 3.85. The lowest BCUT2D eigenvalue weighted by Crippen LogP contribution is -1.88. The molecule has 2 aromatic rings. The van der Waals surface area contributed by atoms with Gasteiger partial charge in [-0.1, -0.05) is 36.4 Å². The summed E-state index contributed by atoms with van der Waals surface area (Å²) in [7, 11) is 0. The molecule has 0 fully saturated rings. The molecule has 0 unspecified atom stereocenters. The Labute approximate surface area is 114 Å². The van der Waals surface area contributed by atoms with Crippen molar-refractivity contribution in [3.63, 3.8) is 0 Å². The molecule has 20 heavy (non-hydrogen) atoms. The summed E-state index contributed by atoms with van der Waals surface area (Å²) in [5, 5.41) is 21.3. The molecule has 0 atom stereocenters. The molecule has 0 amide bonds. The van der Waals surface area contributed by atoms with E-state index in [4.69, 9.17) is 0 Å². The van der Waals surface area contributed by atoms with E-state index in [0.29, 0.717) is 11.1 Å². The molecule has 0 aliphatic heterocycles. The van der Waals surface area contributed by atoms with Crippen LogP contribution in [0.3, 0.4) is 0 Å². The first-order chi connectivity index (χ1) is 9.56. The summed E-state index contributed by atoms with van der Waals surface area (Å²) in [5.41, 5.74) is 1.33. The molecule has 0 saturated heterocycles. The summed E-state index contributed by atoms with van der Waals surface area (Å²) in [4.78, 5) is 20.4. The average Bonchev–Trinajstić information content (AvgIpc) is 2.45. The monoisotopic (exact) mass is 270 g/mol. The van der Waals surface area contributed by atoms with Gasteiger partial charge in [-0.2, -0.15) is 0 Å². The highest BCUT2D eigenvalue weighted by Gasteiger charge is 2.05. The van der Waals surface area contributed by atoms with Crippen LogP contribution in [0.5, 0.6) is 0 Å². The summed E-state index contributed by atoms with van der Waals surface area (Å²) in [6.45, 7) is 0. The smallest absolute Gasteiger partial charge is 0.258 e. The van der Waals surface area contributed by atoms with E-state index in [2.05, 4.69) is 0 Å². The lowest BCUT2D eigenvalue weighted by atomic mass is 10.1. The van der Waals surface area contributed by atoms with Crippen LogP contribution in [-0.2, 0) is 0 Å². The van der Waals surface area contributed by atoms with Gasteiger partial charge in [0.05, 0.1) is 9.85 Å². The Morgan fingerprint density at radius 2 is 1.15 bits per heavy atom. The minimum absolute atomic E-state index is 0.00573. The lowest BCUT2D eigenvalue weighted by Gasteiger charge is -1.96. The molecule has 0 saturated carbocycles. The lowest BCUT2D eigenvalue weighted by molar-refractivity contribution is -0.385. The highest BCUT2D eigenvalue weighted by Crippen LogP contribution is 2.18. The maximum atomic E-state index is 10.7. The van der Waals surface area contributed by atoms with Gasteiger partial charge in [0.1, 0.15) is 0 Å².